The van der Waals surface area contributed by atoms with Crippen LogP contribution in [0.2, 0.25) is 0 Å². The molecule has 5 nitrogen and oxygen atoms in total. The largest absolute Gasteiger partial charge is 0.497 e. The molecule has 1 aromatic carbocycles. The van der Waals surface area contributed by atoms with E-state index in [0.717, 1.165) is 26.7 Å². The van der Waals surface area contributed by atoms with Crippen LogP contribution in [0.3, 0.4) is 0 Å². The van der Waals surface area contributed by atoms with Crippen LogP contribution in [0.1, 0.15) is 17.3 Å². The van der Waals surface area contributed by atoms with E-state index in [1.807, 2.05) is 18.2 Å². The molecule has 0 bridgehead atoms. The molecule has 0 fully saturated rings. The van der Waals surface area contributed by atoms with Crippen molar-refractivity contribution in [1.29, 1.82) is 0 Å². The highest BCUT2D eigenvalue weighted by atomic mass is 32.2. The predicted molar refractivity (Wildman–Crippen MR) is 94.8 cm³/mol. The molecule has 0 spiro atoms. The van der Waals surface area contributed by atoms with Gasteiger partial charge in [0.2, 0.25) is 0 Å². The van der Waals surface area contributed by atoms with Crippen LogP contribution in [0.15, 0.2) is 41.6 Å². The van der Waals surface area contributed by atoms with Crippen molar-refractivity contribution in [3.8, 4) is 5.75 Å². The minimum absolute atomic E-state index is 0.184. The van der Waals surface area contributed by atoms with E-state index in [9.17, 15) is 4.79 Å². The molecule has 0 aliphatic carbocycles. The van der Waals surface area contributed by atoms with Crippen molar-refractivity contribution >= 4 is 44.4 Å². The Hall–Kier alpha value is -2.12. The highest BCUT2D eigenvalue weighted by molar-refractivity contribution is 7.99. The first kappa shape index (κ1) is 15.8. The molecule has 0 saturated carbocycles. The summed E-state index contributed by atoms with van der Waals surface area (Å²) >= 11 is 3.02. The number of thiazole rings is 1. The minimum Gasteiger partial charge on any atom is -0.497 e. The first-order chi connectivity index (χ1) is 11.2. The second kappa shape index (κ2) is 6.97. The number of thioether (sulfide) groups is 1. The monoisotopic (exact) mass is 345 g/mol. The van der Waals surface area contributed by atoms with Gasteiger partial charge in [0.1, 0.15) is 5.75 Å². The zero-order valence-corrected chi connectivity index (χ0v) is 14.3. The van der Waals surface area contributed by atoms with Gasteiger partial charge in [-0.3, -0.25) is 10.1 Å². The maximum absolute atomic E-state index is 12.4. The molecule has 3 rings (SSSR count). The fourth-order valence-electron chi connectivity index (χ4n) is 2.03. The van der Waals surface area contributed by atoms with Gasteiger partial charge in [-0.15, -0.1) is 11.8 Å². The third kappa shape index (κ3) is 3.62. The van der Waals surface area contributed by atoms with Gasteiger partial charge in [0.25, 0.3) is 5.91 Å². The van der Waals surface area contributed by atoms with Crippen LogP contribution in [0.5, 0.6) is 5.75 Å². The number of hydrogen-bond acceptors (Lipinski definition) is 6. The number of ether oxygens (including phenoxy) is 1. The Kier molecular flexibility index (Phi) is 4.78. The molecule has 1 N–H and O–H groups in total. The number of pyridine rings is 1. The van der Waals surface area contributed by atoms with Gasteiger partial charge in [-0.1, -0.05) is 18.3 Å². The van der Waals surface area contributed by atoms with Gasteiger partial charge >= 0.3 is 0 Å². The predicted octanol–water partition coefficient (Wildman–Crippen LogP) is 4.06. The first-order valence-electron chi connectivity index (χ1n) is 7.04. The molecule has 0 aliphatic rings. The molecule has 118 valence electrons. The smallest absolute Gasteiger partial charge is 0.257 e. The lowest BCUT2D eigenvalue weighted by Gasteiger charge is -2.03. The highest BCUT2D eigenvalue weighted by Gasteiger charge is 2.11. The van der Waals surface area contributed by atoms with Crippen molar-refractivity contribution in [2.24, 2.45) is 0 Å². The van der Waals surface area contributed by atoms with E-state index < -0.39 is 0 Å². The van der Waals surface area contributed by atoms with Crippen molar-refractivity contribution in [1.82, 2.24) is 9.97 Å². The van der Waals surface area contributed by atoms with Crippen LogP contribution < -0.4 is 10.1 Å². The Bertz CT molecular complexity index is 848. The molecular weight excluding hydrogens is 330 g/mol. The number of benzene rings is 1. The summed E-state index contributed by atoms with van der Waals surface area (Å²) in [5, 5.41) is 4.26. The Labute approximate surface area is 142 Å². The summed E-state index contributed by atoms with van der Waals surface area (Å²) in [6.07, 6.45) is 1.65. The lowest BCUT2D eigenvalue weighted by molar-refractivity contribution is 0.102. The average molecular weight is 345 g/mol. The molecule has 3 aromatic rings. The Morgan fingerprint density at radius 1 is 1.35 bits per heavy atom. The number of nitrogens with one attached hydrogen (secondary N) is 1. The lowest BCUT2D eigenvalue weighted by Crippen LogP contribution is -2.11. The van der Waals surface area contributed by atoms with Crippen molar-refractivity contribution in [2.45, 2.75) is 11.9 Å². The molecule has 0 unspecified atom stereocenters. The molecule has 2 heterocycles. The number of fused-ring (bicyclic) bond motifs is 1. The van der Waals surface area contributed by atoms with E-state index in [4.69, 9.17) is 4.74 Å². The minimum atomic E-state index is -0.184. The number of carbonyl (C=O) groups is 1. The van der Waals surface area contributed by atoms with E-state index in [1.54, 1.807) is 37.2 Å². The van der Waals surface area contributed by atoms with Gasteiger partial charge in [-0.2, -0.15) is 0 Å². The van der Waals surface area contributed by atoms with E-state index in [0.29, 0.717) is 10.7 Å². The zero-order chi connectivity index (χ0) is 16.2. The van der Waals surface area contributed by atoms with Crippen LogP contribution in [0.4, 0.5) is 5.13 Å². The van der Waals surface area contributed by atoms with Crippen LogP contribution in [-0.2, 0) is 0 Å². The van der Waals surface area contributed by atoms with Crippen LogP contribution in [0.25, 0.3) is 10.2 Å². The third-order valence-corrected chi connectivity index (χ3v) is 4.85. The summed E-state index contributed by atoms with van der Waals surface area (Å²) in [4.78, 5) is 21.0. The number of amides is 1. The zero-order valence-electron chi connectivity index (χ0n) is 12.7. The van der Waals surface area contributed by atoms with Crippen LogP contribution >= 0.6 is 23.1 Å². The van der Waals surface area contributed by atoms with E-state index in [1.165, 1.54) is 11.3 Å². The SMILES string of the molecule is CCSc1cc(C(=O)Nc2nc3ccc(OC)cc3s2)ccn1. The van der Waals surface area contributed by atoms with Gasteiger partial charge < -0.3 is 4.74 Å². The first-order valence-corrected chi connectivity index (χ1v) is 8.84. The Morgan fingerprint density at radius 3 is 3.00 bits per heavy atom. The molecule has 0 saturated heterocycles. The summed E-state index contributed by atoms with van der Waals surface area (Å²) in [5.41, 5.74) is 1.41. The highest BCUT2D eigenvalue weighted by Crippen LogP contribution is 2.29. The van der Waals surface area contributed by atoms with Crippen molar-refractivity contribution in [3.63, 3.8) is 0 Å². The molecule has 0 atom stereocenters. The average Bonchev–Trinajstić information content (AvgIpc) is 2.96. The van der Waals surface area contributed by atoms with Crippen molar-refractivity contribution in [2.75, 3.05) is 18.2 Å². The van der Waals surface area contributed by atoms with Crippen LogP contribution in [0, 0.1) is 0 Å². The van der Waals surface area contributed by atoms with E-state index in [2.05, 4.69) is 22.2 Å². The maximum Gasteiger partial charge on any atom is 0.257 e. The molecule has 23 heavy (non-hydrogen) atoms. The Morgan fingerprint density at radius 2 is 2.22 bits per heavy atom. The number of aromatic nitrogens is 2. The van der Waals surface area contributed by atoms with Crippen molar-refractivity contribution < 1.29 is 9.53 Å². The van der Waals surface area contributed by atoms with Gasteiger partial charge in [0, 0.05) is 11.8 Å². The number of carbonyl (C=O) groups excluding carboxylic acids is 1. The number of rotatable bonds is 5. The number of nitrogens with zero attached hydrogens (tertiary/aromatic N) is 2. The topological polar surface area (TPSA) is 64.1 Å². The fourth-order valence-corrected chi connectivity index (χ4v) is 3.56. The summed E-state index contributed by atoms with van der Waals surface area (Å²) in [6, 6.07) is 9.13. The number of anilines is 1. The van der Waals surface area contributed by atoms with E-state index in [-0.39, 0.29) is 5.91 Å². The summed E-state index contributed by atoms with van der Waals surface area (Å²) in [7, 11) is 1.63. The molecule has 0 radical (unpaired) electrons. The molecular formula is C16H15N3O2S2. The number of hydrogen-bond donors (Lipinski definition) is 1. The quantitative estimate of drug-likeness (QED) is 0.706. The Balaban J connectivity index is 1.80. The molecule has 7 heteroatoms. The fraction of sp³-hybridized carbons (Fsp3) is 0.188. The third-order valence-electron chi connectivity index (χ3n) is 3.11. The van der Waals surface area contributed by atoms with Gasteiger partial charge in [-0.05, 0) is 36.1 Å². The lowest BCUT2D eigenvalue weighted by atomic mass is 10.2. The van der Waals surface area contributed by atoms with Gasteiger partial charge in [0.15, 0.2) is 5.13 Å². The molecule has 1 amide bonds. The normalized spacial score (nSPS) is 10.7. The molecule has 2 aromatic heterocycles. The second-order valence-electron chi connectivity index (χ2n) is 4.62. The van der Waals surface area contributed by atoms with Gasteiger partial charge in [0.05, 0.1) is 22.4 Å². The van der Waals surface area contributed by atoms with Crippen LogP contribution in [-0.4, -0.2) is 28.7 Å². The molecule has 0 aliphatic heterocycles. The number of methoxy groups -OCH3 is 1. The maximum atomic E-state index is 12.4. The second-order valence-corrected chi connectivity index (χ2v) is 6.94. The van der Waals surface area contributed by atoms with Crippen molar-refractivity contribution in [3.05, 3.63) is 42.1 Å². The standard InChI is InChI=1S/C16H15N3O2S2/c1-3-22-14-8-10(6-7-17-14)15(20)19-16-18-12-5-4-11(21-2)9-13(12)23-16/h4-9H,3H2,1-2H3,(H,18,19,20). The summed E-state index contributed by atoms with van der Waals surface area (Å²) in [6.45, 7) is 2.05. The van der Waals surface area contributed by atoms with Gasteiger partial charge in [-0.25, -0.2) is 9.97 Å². The van der Waals surface area contributed by atoms with E-state index >= 15 is 0 Å². The summed E-state index contributed by atoms with van der Waals surface area (Å²) < 4.78 is 6.17. The summed E-state index contributed by atoms with van der Waals surface area (Å²) in [5.74, 6) is 1.50.